The first-order chi connectivity index (χ1) is 11.7. The van der Waals surface area contributed by atoms with E-state index >= 15 is 0 Å². The van der Waals surface area contributed by atoms with Crippen LogP contribution in [0.3, 0.4) is 0 Å². The number of sulfonamides is 2. The first kappa shape index (κ1) is 18.0. The maximum Gasteiger partial charge on any atom is 0.236 e. The summed E-state index contributed by atoms with van der Waals surface area (Å²) in [7, 11) is -6.97. The number of hydrogen-bond donors (Lipinski definition) is 1. The van der Waals surface area contributed by atoms with Crippen molar-refractivity contribution in [3.63, 3.8) is 0 Å². The zero-order valence-corrected chi connectivity index (χ0v) is 15.8. The molecule has 1 heterocycles. The SMILES string of the molecule is CS(=O)(=O)N1CCc2cc(NS(=O)(=O)Cc3ccccc3Cl)ccc21. The van der Waals surface area contributed by atoms with Crippen molar-refractivity contribution in [2.24, 2.45) is 0 Å². The molecule has 0 radical (unpaired) electrons. The van der Waals surface area contributed by atoms with Gasteiger partial charge in [-0.25, -0.2) is 16.8 Å². The highest BCUT2D eigenvalue weighted by molar-refractivity contribution is 7.92. The third kappa shape index (κ3) is 4.08. The molecule has 0 spiro atoms. The lowest BCUT2D eigenvalue weighted by Crippen LogP contribution is -2.27. The zero-order chi connectivity index (χ0) is 18.2. The van der Waals surface area contributed by atoms with E-state index in [4.69, 9.17) is 11.6 Å². The molecule has 0 aliphatic carbocycles. The van der Waals surface area contributed by atoms with Crippen molar-refractivity contribution in [2.75, 3.05) is 21.8 Å². The minimum atomic E-state index is -3.64. The molecule has 1 aliphatic rings. The van der Waals surface area contributed by atoms with Crippen LogP contribution in [0, 0.1) is 0 Å². The van der Waals surface area contributed by atoms with Crippen LogP contribution >= 0.6 is 11.6 Å². The van der Waals surface area contributed by atoms with Gasteiger partial charge in [-0.2, -0.15) is 0 Å². The predicted molar refractivity (Wildman–Crippen MR) is 100 cm³/mol. The lowest BCUT2D eigenvalue weighted by atomic mass is 10.1. The molecule has 0 atom stereocenters. The summed E-state index contributed by atoms with van der Waals surface area (Å²) in [5, 5.41) is 0.394. The summed E-state index contributed by atoms with van der Waals surface area (Å²) in [4.78, 5) is 0. The van der Waals surface area contributed by atoms with Gasteiger partial charge in [0.25, 0.3) is 0 Å². The fraction of sp³-hybridized carbons (Fsp3) is 0.250. The fourth-order valence-electron chi connectivity index (χ4n) is 2.82. The Morgan fingerprint density at radius 3 is 2.52 bits per heavy atom. The Labute approximate surface area is 152 Å². The first-order valence-corrected chi connectivity index (χ1v) is 11.4. The van der Waals surface area contributed by atoms with Gasteiger partial charge in [0.15, 0.2) is 0 Å². The van der Waals surface area contributed by atoms with Crippen molar-refractivity contribution in [1.82, 2.24) is 0 Å². The second kappa shape index (κ2) is 6.51. The maximum atomic E-state index is 12.4. The Hall–Kier alpha value is -1.77. The number of nitrogens with zero attached hydrogens (tertiary/aromatic N) is 1. The van der Waals surface area contributed by atoms with E-state index in [1.807, 2.05) is 0 Å². The van der Waals surface area contributed by atoms with Gasteiger partial charge in [-0.15, -0.1) is 0 Å². The highest BCUT2D eigenvalue weighted by atomic mass is 35.5. The minimum Gasteiger partial charge on any atom is -0.283 e. The van der Waals surface area contributed by atoms with Crippen molar-refractivity contribution < 1.29 is 16.8 Å². The van der Waals surface area contributed by atoms with E-state index in [0.29, 0.717) is 34.9 Å². The summed E-state index contributed by atoms with van der Waals surface area (Å²) in [5.74, 6) is -0.237. The molecule has 2 aromatic rings. The molecule has 1 aliphatic heterocycles. The van der Waals surface area contributed by atoms with Crippen LogP contribution < -0.4 is 9.03 Å². The average Bonchev–Trinajstić information content (AvgIpc) is 2.92. The first-order valence-electron chi connectivity index (χ1n) is 7.50. The van der Waals surface area contributed by atoms with Crippen molar-refractivity contribution in [1.29, 1.82) is 0 Å². The fourth-order valence-corrected chi connectivity index (χ4v) is 5.27. The molecule has 0 bridgehead atoms. The smallest absolute Gasteiger partial charge is 0.236 e. The highest BCUT2D eigenvalue weighted by Gasteiger charge is 2.26. The van der Waals surface area contributed by atoms with Gasteiger partial charge in [-0.05, 0) is 41.8 Å². The lowest BCUT2D eigenvalue weighted by molar-refractivity contribution is 0.597. The van der Waals surface area contributed by atoms with E-state index in [2.05, 4.69) is 4.72 Å². The van der Waals surface area contributed by atoms with Crippen LogP contribution in [0.1, 0.15) is 11.1 Å². The van der Waals surface area contributed by atoms with Crippen LogP contribution in [-0.4, -0.2) is 29.6 Å². The molecule has 1 N–H and O–H groups in total. The Bertz CT molecular complexity index is 1020. The molecule has 0 saturated heterocycles. The van der Waals surface area contributed by atoms with Crippen molar-refractivity contribution in [3.8, 4) is 0 Å². The van der Waals surface area contributed by atoms with Gasteiger partial charge in [0.1, 0.15) is 0 Å². The molecule has 9 heteroatoms. The molecule has 0 fully saturated rings. The van der Waals surface area contributed by atoms with E-state index in [0.717, 1.165) is 11.8 Å². The summed E-state index contributed by atoms with van der Waals surface area (Å²) in [5.41, 5.74) is 2.31. The molecular weight excluding hydrogens is 384 g/mol. The molecule has 0 saturated carbocycles. The molecular formula is C16H17ClN2O4S2. The van der Waals surface area contributed by atoms with Crippen LogP contribution in [-0.2, 0) is 32.2 Å². The average molecular weight is 401 g/mol. The van der Waals surface area contributed by atoms with Crippen molar-refractivity contribution in [3.05, 3.63) is 58.6 Å². The Morgan fingerprint density at radius 1 is 1.12 bits per heavy atom. The number of rotatable bonds is 5. The topological polar surface area (TPSA) is 83.6 Å². The maximum absolute atomic E-state index is 12.4. The third-order valence-corrected chi connectivity index (χ3v) is 6.70. The Morgan fingerprint density at radius 2 is 1.84 bits per heavy atom. The second-order valence-electron chi connectivity index (χ2n) is 5.88. The van der Waals surface area contributed by atoms with E-state index in [1.54, 1.807) is 42.5 Å². The van der Waals surface area contributed by atoms with Crippen LogP contribution in [0.25, 0.3) is 0 Å². The molecule has 0 amide bonds. The van der Waals surface area contributed by atoms with Gasteiger partial charge in [0.2, 0.25) is 20.0 Å². The monoisotopic (exact) mass is 400 g/mol. The van der Waals surface area contributed by atoms with Crippen LogP contribution in [0.5, 0.6) is 0 Å². The summed E-state index contributed by atoms with van der Waals surface area (Å²) in [6, 6.07) is 11.6. The van der Waals surface area contributed by atoms with Gasteiger partial charge in [0.05, 0.1) is 17.7 Å². The quantitative estimate of drug-likeness (QED) is 0.836. The van der Waals surface area contributed by atoms with Crippen LogP contribution in [0.15, 0.2) is 42.5 Å². The third-order valence-electron chi connectivity index (χ3n) is 3.91. The molecule has 3 rings (SSSR count). The van der Waals surface area contributed by atoms with Gasteiger partial charge in [-0.3, -0.25) is 9.03 Å². The zero-order valence-electron chi connectivity index (χ0n) is 13.4. The number of halogens is 1. The molecule has 2 aromatic carbocycles. The van der Waals surface area contributed by atoms with Crippen LogP contribution in [0.4, 0.5) is 11.4 Å². The van der Waals surface area contributed by atoms with E-state index < -0.39 is 20.0 Å². The number of nitrogens with one attached hydrogen (secondary N) is 1. The lowest BCUT2D eigenvalue weighted by Gasteiger charge is -2.16. The van der Waals surface area contributed by atoms with Gasteiger partial charge in [0, 0.05) is 17.3 Å². The van der Waals surface area contributed by atoms with Crippen molar-refractivity contribution >= 4 is 43.0 Å². The van der Waals surface area contributed by atoms with E-state index in [9.17, 15) is 16.8 Å². The summed E-state index contributed by atoms with van der Waals surface area (Å²) in [6.07, 6.45) is 1.70. The van der Waals surface area contributed by atoms with Gasteiger partial charge in [-0.1, -0.05) is 29.8 Å². The standard InChI is InChI=1S/C16H17ClN2O4S2/c1-24(20,21)19-9-8-12-10-14(6-7-16(12)19)18-25(22,23)11-13-4-2-3-5-15(13)17/h2-7,10,18H,8-9,11H2,1H3. The number of fused-ring (bicyclic) bond motifs is 1. The molecule has 25 heavy (non-hydrogen) atoms. The minimum absolute atomic E-state index is 0.237. The number of anilines is 2. The van der Waals surface area contributed by atoms with Crippen molar-refractivity contribution in [2.45, 2.75) is 12.2 Å². The predicted octanol–water partition coefficient (Wildman–Crippen LogP) is 2.60. The molecule has 0 unspecified atom stereocenters. The Kier molecular flexibility index (Phi) is 4.70. The molecule has 134 valence electrons. The van der Waals surface area contributed by atoms with E-state index in [-0.39, 0.29) is 5.75 Å². The molecule has 0 aromatic heterocycles. The van der Waals surface area contributed by atoms with E-state index in [1.165, 1.54) is 4.31 Å². The summed E-state index contributed by atoms with van der Waals surface area (Å²) < 4.78 is 52.1. The summed E-state index contributed by atoms with van der Waals surface area (Å²) in [6.45, 7) is 0.365. The highest BCUT2D eigenvalue weighted by Crippen LogP contribution is 2.32. The number of hydrogen-bond acceptors (Lipinski definition) is 4. The van der Waals surface area contributed by atoms with Gasteiger partial charge < -0.3 is 0 Å². The van der Waals surface area contributed by atoms with Crippen LogP contribution in [0.2, 0.25) is 5.02 Å². The van der Waals surface area contributed by atoms with Gasteiger partial charge >= 0.3 is 0 Å². The second-order valence-corrected chi connectivity index (χ2v) is 9.92. The Balaban J connectivity index is 1.81. The largest absolute Gasteiger partial charge is 0.283 e. The molecule has 6 nitrogen and oxygen atoms in total. The summed E-state index contributed by atoms with van der Waals surface area (Å²) >= 11 is 6.01. The normalized spacial score (nSPS) is 14.4. The number of benzene rings is 2.